The number of carbonyl (C=O) groups is 2. The topological polar surface area (TPSA) is 105 Å². The van der Waals surface area contributed by atoms with Crippen LogP contribution in [0.2, 0.25) is 5.02 Å². The van der Waals surface area contributed by atoms with E-state index >= 15 is 0 Å². The van der Waals surface area contributed by atoms with Crippen LogP contribution < -0.4 is 19.1 Å². The predicted molar refractivity (Wildman–Crippen MR) is 154 cm³/mol. The van der Waals surface area contributed by atoms with E-state index in [1.165, 1.54) is 11.0 Å². The Hall–Kier alpha value is -3.76. The van der Waals surface area contributed by atoms with Gasteiger partial charge < -0.3 is 19.7 Å². The molecule has 0 spiro atoms. The minimum absolute atomic E-state index is 0.0273. The summed E-state index contributed by atoms with van der Waals surface area (Å²) < 4.78 is 37.6. The Bertz CT molecular complexity index is 1430. The SMILES string of the molecule is CCCNC(=O)[C@@H](Cc1ccccc1)N(Cc1ccc(Cl)cc1)C(=O)CN(c1ccc2c(c1)OCO2)S(C)(=O)=O. The standard InChI is InChI=1S/C29H32ClN3O6S/c1-3-15-31-29(35)25(16-21-7-5-4-6-8-21)32(18-22-9-11-23(30)12-10-22)28(34)19-33(40(2,36)37)24-13-14-26-27(17-24)39-20-38-26/h4-14,17,25H,3,15-16,18-20H2,1-2H3,(H,31,35)/t25-/m1/s1. The molecule has 3 aromatic carbocycles. The summed E-state index contributed by atoms with van der Waals surface area (Å²) in [5, 5.41) is 3.45. The fraction of sp³-hybridized carbons (Fsp3) is 0.310. The Morgan fingerprint density at radius 3 is 2.35 bits per heavy atom. The number of anilines is 1. The van der Waals surface area contributed by atoms with Gasteiger partial charge in [0.1, 0.15) is 12.6 Å². The number of rotatable bonds is 12. The number of nitrogens with one attached hydrogen (secondary N) is 1. The molecule has 1 atom stereocenters. The van der Waals surface area contributed by atoms with E-state index in [-0.39, 0.29) is 31.4 Å². The quantitative estimate of drug-likeness (QED) is 0.344. The van der Waals surface area contributed by atoms with E-state index in [2.05, 4.69) is 5.32 Å². The van der Waals surface area contributed by atoms with E-state index in [4.69, 9.17) is 21.1 Å². The fourth-order valence-corrected chi connectivity index (χ4v) is 5.33. The van der Waals surface area contributed by atoms with Crippen LogP contribution in [0.25, 0.3) is 0 Å². The zero-order chi connectivity index (χ0) is 28.7. The van der Waals surface area contributed by atoms with Crippen LogP contribution >= 0.6 is 11.6 Å². The van der Waals surface area contributed by atoms with Crippen LogP contribution in [0.4, 0.5) is 5.69 Å². The highest BCUT2D eigenvalue weighted by molar-refractivity contribution is 7.92. The summed E-state index contributed by atoms with van der Waals surface area (Å²) in [4.78, 5) is 29.0. The first kappa shape index (κ1) is 29.2. The van der Waals surface area contributed by atoms with Crippen LogP contribution in [0.5, 0.6) is 11.5 Å². The third-order valence-corrected chi connectivity index (χ3v) is 7.80. The number of sulfonamides is 1. The maximum atomic E-state index is 14.0. The lowest BCUT2D eigenvalue weighted by atomic mass is 10.0. The van der Waals surface area contributed by atoms with Crippen molar-refractivity contribution in [3.05, 3.63) is 88.9 Å². The molecule has 0 aromatic heterocycles. The number of ether oxygens (including phenoxy) is 2. The van der Waals surface area contributed by atoms with Gasteiger partial charge in [0.15, 0.2) is 11.5 Å². The molecular weight excluding hydrogens is 554 g/mol. The molecule has 40 heavy (non-hydrogen) atoms. The number of hydrogen-bond donors (Lipinski definition) is 1. The van der Waals surface area contributed by atoms with Crippen molar-refractivity contribution in [3.8, 4) is 11.5 Å². The average molecular weight is 586 g/mol. The Morgan fingerprint density at radius 2 is 1.68 bits per heavy atom. The molecule has 1 N–H and O–H groups in total. The first-order valence-electron chi connectivity index (χ1n) is 12.9. The van der Waals surface area contributed by atoms with Crippen molar-refractivity contribution in [2.45, 2.75) is 32.4 Å². The normalized spacial score (nSPS) is 13.0. The molecule has 0 bridgehead atoms. The van der Waals surface area contributed by atoms with E-state index in [0.717, 1.165) is 28.1 Å². The van der Waals surface area contributed by atoms with Gasteiger partial charge in [0.05, 0.1) is 11.9 Å². The molecule has 4 rings (SSSR count). The summed E-state index contributed by atoms with van der Waals surface area (Å²) in [7, 11) is -3.89. The summed E-state index contributed by atoms with van der Waals surface area (Å²) in [5.41, 5.74) is 1.86. The fourth-order valence-electron chi connectivity index (χ4n) is 4.36. The van der Waals surface area contributed by atoms with E-state index < -0.39 is 28.5 Å². The second kappa shape index (κ2) is 13.1. The summed E-state index contributed by atoms with van der Waals surface area (Å²) >= 11 is 6.08. The minimum atomic E-state index is -3.89. The molecule has 0 unspecified atom stereocenters. The number of fused-ring (bicyclic) bond motifs is 1. The van der Waals surface area contributed by atoms with Gasteiger partial charge >= 0.3 is 0 Å². The lowest BCUT2D eigenvalue weighted by Gasteiger charge is -2.33. The van der Waals surface area contributed by atoms with Gasteiger partial charge in [-0.05, 0) is 41.8 Å². The largest absolute Gasteiger partial charge is 0.454 e. The van der Waals surface area contributed by atoms with Crippen molar-refractivity contribution in [3.63, 3.8) is 0 Å². The summed E-state index contributed by atoms with van der Waals surface area (Å²) in [5.74, 6) is 0.0218. The van der Waals surface area contributed by atoms with Crippen LogP contribution in [-0.2, 0) is 32.6 Å². The van der Waals surface area contributed by atoms with Crippen molar-refractivity contribution in [1.29, 1.82) is 0 Å². The van der Waals surface area contributed by atoms with Crippen LogP contribution in [0.3, 0.4) is 0 Å². The lowest BCUT2D eigenvalue weighted by molar-refractivity contribution is -0.140. The van der Waals surface area contributed by atoms with Gasteiger partial charge in [-0.2, -0.15) is 0 Å². The Morgan fingerprint density at radius 1 is 0.975 bits per heavy atom. The van der Waals surface area contributed by atoms with Crippen LogP contribution in [0, 0.1) is 0 Å². The Kier molecular flexibility index (Phi) is 9.54. The van der Waals surface area contributed by atoms with Gasteiger partial charge in [-0.3, -0.25) is 13.9 Å². The van der Waals surface area contributed by atoms with Gasteiger partial charge in [-0.25, -0.2) is 8.42 Å². The smallest absolute Gasteiger partial charge is 0.244 e. The molecule has 212 valence electrons. The van der Waals surface area contributed by atoms with Crippen molar-refractivity contribution in [1.82, 2.24) is 10.2 Å². The van der Waals surface area contributed by atoms with Gasteiger partial charge in [0.25, 0.3) is 0 Å². The van der Waals surface area contributed by atoms with Crippen LogP contribution in [-0.4, -0.2) is 57.3 Å². The highest BCUT2D eigenvalue weighted by Crippen LogP contribution is 2.36. The number of halogens is 1. The Balaban J connectivity index is 1.71. The molecule has 1 aliphatic rings. The van der Waals surface area contributed by atoms with Crippen LogP contribution in [0.1, 0.15) is 24.5 Å². The number of hydrogen-bond acceptors (Lipinski definition) is 6. The maximum absolute atomic E-state index is 14.0. The molecule has 0 aliphatic carbocycles. The number of nitrogens with zero attached hydrogens (tertiary/aromatic N) is 2. The highest BCUT2D eigenvalue weighted by atomic mass is 35.5. The second-order valence-electron chi connectivity index (χ2n) is 9.45. The minimum Gasteiger partial charge on any atom is -0.454 e. The van der Waals surface area contributed by atoms with E-state index in [9.17, 15) is 18.0 Å². The van der Waals surface area contributed by atoms with Gasteiger partial charge in [-0.1, -0.05) is 61.0 Å². The van der Waals surface area contributed by atoms with Crippen molar-refractivity contribution < 1.29 is 27.5 Å². The Labute approximate surface area is 239 Å². The lowest BCUT2D eigenvalue weighted by Crippen LogP contribution is -2.53. The van der Waals surface area contributed by atoms with Crippen molar-refractivity contribution in [2.75, 3.05) is 30.4 Å². The molecule has 1 aliphatic heterocycles. The molecular formula is C29H32ClN3O6S. The zero-order valence-corrected chi connectivity index (χ0v) is 24.0. The first-order chi connectivity index (χ1) is 19.2. The molecule has 0 radical (unpaired) electrons. The number of benzene rings is 3. The predicted octanol–water partition coefficient (Wildman–Crippen LogP) is 4.00. The molecule has 3 aromatic rings. The molecule has 1 heterocycles. The van der Waals surface area contributed by atoms with Gasteiger partial charge in [0.2, 0.25) is 28.6 Å². The summed E-state index contributed by atoms with van der Waals surface area (Å²) in [6.07, 6.45) is 2.00. The van der Waals surface area contributed by atoms with E-state index in [0.29, 0.717) is 23.1 Å². The molecule has 0 saturated heterocycles. The number of carbonyl (C=O) groups excluding carboxylic acids is 2. The molecule has 9 nitrogen and oxygen atoms in total. The zero-order valence-electron chi connectivity index (χ0n) is 22.4. The summed E-state index contributed by atoms with van der Waals surface area (Å²) in [6.45, 7) is 1.97. The monoisotopic (exact) mass is 585 g/mol. The number of amides is 2. The molecule has 2 amide bonds. The van der Waals surface area contributed by atoms with Crippen molar-refractivity contribution >= 4 is 39.1 Å². The summed E-state index contributed by atoms with van der Waals surface area (Å²) in [6, 6.07) is 20.1. The molecule has 0 fully saturated rings. The molecule has 11 heteroatoms. The van der Waals surface area contributed by atoms with Gasteiger partial charge in [0, 0.05) is 30.6 Å². The highest BCUT2D eigenvalue weighted by Gasteiger charge is 2.33. The maximum Gasteiger partial charge on any atom is 0.244 e. The first-order valence-corrected chi connectivity index (χ1v) is 15.1. The van der Waals surface area contributed by atoms with Gasteiger partial charge in [-0.15, -0.1) is 0 Å². The third-order valence-electron chi connectivity index (χ3n) is 6.41. The van der Waals surface area contributed by atoms with E-state index in [1.54, 1.807) is 36.4 Å². The van der Waals surface area contributed by atoms with Crippen molar-refractivity contribution in [2.24, 2.45) is 0 Å². The third kappa shape index (κ3) is 7.45. The van der Waals surface area contributed by atoms with E-state index in [1.807, 2.05) is 37.3 Å². The molecule has 0 saturated carbocycles. The van der Waals surface area contributed by atoms with Crippen LogP contribution in [0.15, 0.2) is 72.8 Å². The average Bonchev–Trinajstić information content (AvgIpc) is 3.41. The second-order valence-corrected chi connectivity index (χ2v) is 11.8.